The summed E-state index contributed by atoms with van der Waals surface area (Å²) in [5.74, 6) is -0.124. The summed E-state index contributed by atoms with van der Waals surface area (Å²) in [5.41, 5.74) is 0.0664. The Balaban J connectivity index is 3.04. The van der Waals surface area contributed by atoms with E-state index >= 15 is 0 Å². The van der Waals surface area contributed by atoms with Crippen LogP contribution in [0.4, 0.5) is 0 Å². The van der Waals surface area contributed by atoms with Crippen molar-refractivity contribution in [2.45, 2.75) is 40.5 Å². The Bertz CT molecular complexity index is 280. The molecule has 2 nitrogen and oxygen atoms in total. The quantitative estimate of drug-likeness (QED) is 0.612. The molecule has 1 atom stereocenters. The molecule has 1 aliphatic rings. The van der Waals surface area contributed by atoms with Gasteiger partial charge in [-0.15, -0.1) is 0 Å². The van der Waals surface area contributed by atoms with E-state index in [0.29, 0.717) is 5.70 Å². The van der Waals surface area contributed by atoms with Gasteiger partial charge in [0.25, 0.3) is 0 Å². The van der Waals surface area contributed by atoms with Gasteiger partial charge in [0.2, 0.25) is 5.91 Å². The number of hydrogen-bond donors (Lipinski definition) is 1. The van der Waals surface area contributed by atoms with Gasteiger partial charge in [0.1, 0.15) is 0 Å². The normalized spacial score (nSPS) is 32.0. The third kappa shape index (κ3) is 1.62. The molecule has 1 aliphatic heterocycles. The molecule has 1 unspecified atom stereocenters. The van der Waals surface area contributed by atoms with Crippen LogP contribution in [0.3, 0.4) is 0 Å². The zero-order valence-corrected chi connectivity index (χ0v) is 8.98. The van der Waals surface area contributed by atoms with Crippen LogP contribution in [0.1, 0.15) is 40.5 Å². The fraction of sp³-hybridized carbons (Fsp3) is 0.727. The number of carbonyl (C=O) groups is 1. The topological polar surface area (TPSA) is 29.1 Å². The van der Waals surface area contributed by atoms with Crippen LogP contribution in [0.25, 0.3) is 0 Å². The number of allylic oxidation sites excluding steroid dienone is 1. The van der Waals surface area contributed by atoms with E-state index in [-0.39, 0.29) is 11.3 Å². The summed E-state index contributed by atoms with van der Waals surface area (Å²) in [4.78, 5) is 12.0. The number of amides is 1. The second-order valence-electron chi connectivity index (χ2n) is 5.07. The van der Waals surface area contributed by atoms with Gasteiger partial charge in [-0.1, -0.05) is 34.3 Å². The molecule has 0 aromatic rings. The van der Waals surface area contributed by atoms with Crippen molar-refractivity contribution in [3.63, 3.8) is 0 Å². The largest absolute Gasteiger partial charge is 0.330 e. The minimum absolute atomic E-state index is 0.107. The Kier molecular flexibility index (Phi) is 1.94. The molecule has 0 aromatic heterocycles. The average Bonchev–Trinajstić information content (AvgIpc) is 2.06. The van der Waals surface area contributed by atoms with Crippen LogP contribution in [-0.2, 0) is 4.79 Å². The third-order valence-electron chi connectivity index (χ3n) is 3.30. The number of rotatable bonds is 0. The molecular weight excluding hydrogens is 162 g/mol. The summed E-state index contributed by atoms with van der Waals surface area (Å²) < 4.78 is 7.60. The minimum atomic E-state index is -0.435. The Morgan fingerprint density at radius 2 is 2.15 bits per heavy atom. The van der Waals surface area contributed by atoms with E-state index in [1.54, 1.807) is 0 Å². The highest BCUT2D eigenvalue weighted by Gasteiger charge is 2.45. The lowest BCUT2D eigenvalue weighted by molar-refractivity contribution is -0.137. The molecule has 1 saturated heterocycles. The lowest BCUT2D eigenvalue weighted by Crippen LogP contribution is -2.49. The third-order valence-corrected chi connectivity index (χ3v) is 3.30. The molecule has 0 radical (unpaired) electrons. The van der Waals surface area contributed by atoms with Gasteiger partial charge in [0.15, 0.2) is 1.41 Å². The molecular formula is C11H19NO. The molecule has 0 spiro atoms. The van der Waals surface area contributed by atoms with Gasteiger partial charge in [0, 0.05) is 5.70 Å². The molecule has 2 heteroatoms. The van der Waals surface area contributed by atoms with E-state index < -0.39 is 5.41 Å². The summed E-state index contributed by atoms with van der Waals surface area (Å²) in [6.45, 7) is 11.8. The van der Waals surface area contributed by atoms with Crippen molar-refractivity contribution in [1.29, 1.82) is 0 Å². The van der Waals surface area contributed by atoms with Crippen molar-refractivity contribution in [3.05, 3.63) is 12.3 Å². The van der Waals surface area contributed by atoms with Gasteiger partial charge in [-0.3, -0.25) is 4.79 Å². The smallest absolute Gasteiger partial charge is 0.230 e. The molecule has 13 heavy (non-hydrogen) atoms. The highest BCUT2D eigenvalue weighted by atomic mass is 16.2. The molecule has 0 aromatic carbocycles. The van der Waals surface area contributed by atoms with Gasteiger partial charge >= 0.3 is 0 Å². The summed E-state index contributed by atoms with van der Waals surface area (Å²) in [5, 5.41) is 0.967. The van der Waals surface area contributed by atoms with Crippen molar-refractivity contribution in [2.24, 2.45) is 10.8 Å². The first-order valence-electron chi connectivity index (χ1n) is 5.16. The van der Waals surface area contributed by atoms with E-state index in [1.165, 1.54) is 0 Å². The number of piperidine rings is 1. The van der Waals surface area contributed by atoms with Crippen molar-refractivity contribution in [3.8, 4) is 0 Å². The second-order valence-corrected chi connectivity index (χ2v) is 5.07. The Morgan fingerprint density at radius 3 is 2.62 bits per heavy atom. The molecule has 74 valence electrons. The fourth-order valence-electron chi connectivity index (χ4n) is 1.52. The van der Waals surface area contributed by atoms with E-state index in [9.17, 15) is 4.79 Å². The van der Waals surface area contributed by atoms with Crippen LogP contribution < -0.4 is 5.31 Å². The molecule has 1 rings (SSSR count). The molecule has 1 fully saturated rings. The summed E-state index contributed by atoms with van der Waals surface area (Å²) >= 11 is 0. The Morgan fingerprint density at radius 1 is 1.62 bits per heavy atom. The SMILES string of the molecule is [2H]N1C(=C)CCC(C)(C(C)(C)C)C1=O. The van der Waals surface area contributed by atoms with Crippen molar-refractivity contribution in [2.75, 3.05) is 0 Å². The molecule has 1 N–H and O–H groups in total. The van der Waals surface area contributed by atoms with E-state index in [2.05, 4.69) is 6.58 Å². The van der Waals surface area contributed by atoms with E-state index in [1.807, 2.05) is 27.7 Å². The monoisotopic (exact) mass is 182 g/mol. The molecule has 0 bridgehead atoms. The maximum Gasteiger partial charge on any atom is 0.230 e. The molecule has 1 amide bonds. The highest BCUT2D eigenvalue weighted by molar-refractivity contribution is 5.85. The fourth-order valence-corrected chi connectivity index (χ4v) is 1.52. The summed E-state index contributed by atoms with van der Waals surface area (Å²) in [6, 6.07) is 0. The van der Waals surface area contributed by atoms with Crippen LogP contribution in [0, 0.1) is 10.8 Å². The van der Waals surface area contributed by atoms with Crippen molar-refractivity contribution in [1.82, 2.24) is 5.31 Å². The standard InChI is InChI=1S/C11H19NO/c1-8-6-7-11(5,9(13)12-8)10(2,3)4/h1,6-7H2,2-5H3,(H,12,13)/i/hD. The van der Waals surface area contributed by atoms with Crippen LogP contribution >= 0.6 is 0 Å². The first-order valence-corrected chi connectivity index (χ1v) is 4.71. The Hall–Kier alpha value is -0.790. The highest BCUT2D eigenvalue weighted by Crippen LogP contribution is 2.44. The summed E-state index contributed by atoms with van der Waals surface area (Å²) in [7, 11) is 0. The average molecular weight is 182 g/mol. The zero-order valence-electron chi connectivity index (χ0n) is 9.98. The predicted octanol–water partition coefficient (Wildman–Crippen LogP) is 2.46. The first-order chi connectivity index (χ1) is 6.20. The number of carbonyl (C=O) groups excluding carboxylic acids is 1. The first kappa shape index (κ1) is 8.79. The molecule has 0 aliphatic carbocycles. The lowest BCUT2D eigenvalue weighted by atomic mass is 9.63. The molecule has 0 saturated carbocycles. The number of hydrogen-bond acceptors (Lipinski definition) is 1. The van der Waals surface area contributed by atoms with E-state index in [0.717, 1.165) is 18.2 Å². The minimum Gasteiger partial charge on any atom is -0.330 e. The van der Waals surface area contributed by atoms with Crippen molar-refractivity contribution < 1.29 is 6.21 Å². The molecule has 1 heterocycles. The van der Waals surface area contributed by atoms with Gasteiger partial charge in [-0.25, -0.2) is 0 Å². The predicted molar refractivity (Wildman–Crippen MR) is 54.1 cm³/mol. The van der Waals surface area contributed by atoms with Gasteiger partial charge in [-0.2, -0.15) is 0 Å². The maximum atomic E-state index is 12.0. The van der Waals surface area contributed by atoms with Gasteiger partial charge in [0.05, 0.1) is 5.41 Å². The van der Waals surface area contributed by atoms with E-state index in [4.69, 9.17) is 1.41 Å². The Labute approximate surface area is 81.9 Å². The van der Waals surface area contributed by atoms with Crippen LogP contribution in [0.15, 0.2) is 12.3 Å². The van der Waals surface area contributed by atoms with Gasteiger partial charge in [-0.05, 0) is 18.3 Å². The number of nitrogens with one attached hydrogen (secondary N) is 1. The summed E-state index contributed by atoms with van der Waals surface area (Å²) in [6.07, 6.45) is 1.53. The second kappa shape index (κ2) is 2.86. The van der Waals surface area contributed by atoms with Crippen molar-refractivity contribution >= 4 is 5.91 Å². The van der Waals surface area contributed by atoms with Crippen LogP contribution in [0.5, 0.6) is 0 Å². The maximum absolute atomic E-state index is 12.0. The van der Waals surface area contributed by atoms with Gasteiger partial charge < -0.3 is 5.31 Å². The van der Waals surface area contributed by atoms with Crippen LogP contribution in [0.2, 0.25) is 1.41 Å². The zero-order chi connectivity index (χ0) is 11.1. The lowest BCUT2D eigenvalue weighted by Gasteiger charge is -2.43. The van der Waals surface area contributed by atoms with Crippen LogP contribution in [-0.4, -0.2) is 5.91 Å².